The molecule has 2 fully saturated rings. The highest BCUT2D eigenvalue weighted by atomic mass is 14.3. The predicted molar refractivity (Wildman–Crippen MR) is 113 cm³/mol. The third-order valence-corrected chi connectivity index (χ3v) is 6.79. The summed E-state index contributed by atoms with van der Waals surface area (Å²) in [5, 5.41) is 0. The number of allylic oxidation sites excluding steroid dienone is 2. The van der Waals surface area contributed by atoms with Crippen LogP contribution < -0.4 is 0 Å². The zero-order valence-corrected chi connectivity index (χ0v) is 16.8. The maximum Gasteiger partial charge on any atom is 0.0206 e. The van der Waals surface area contributed by atoms with Crippen LogP contribution in [-0.4, -0.2) is 0 Å². The summed E-state index contributed by atoms with van der Waals surface area (Å²) in [6.45, 7) is 4.56. The van der Waals surface area contributed by atoms with E-state index in [0.717, 1.165) is 24.2 Å². The Morgan fingerprint density at radius 2 is 1.58 bits per heavy atom. The van der Waals surface area contributed by atoms with E-state index in [0.29, 0.717) is 5.92 Å². The van der Waals surface area contributed by atoms with Gasteiger partial charge in [-0.2, -0.15) is 0 Å². The maximum absolute atomic E-state index is 3.53. The molecular weight excluding hydrogens is 312 g/mol. The van der Waals surface area contributed by atoms with Crippen LogP contribution in [0.15, 0.2) is 36.4 Å². The van der Waals surface area contributed by atoms with Crippen molar-refractivity contribution in [2.75, 3.05) is 0 Å². The molecule has 2 aliphatic rings. The molecule has 2 saturated carbocycles. The second-order valence-corrected chi connectivity index (χ2v) is 8.48. The van der Waals surface area contributed by atoms with Crippen LogP contribution in [0.2, 0.25) is 0 Å². The molecule has 0 bridgehead atoms. The van der Waals surface area contributed by atoms with Crippen molar-refractivity contribution in [2.45, 2.75) is 84.0 Å². The molecule has 0 atom stereocenters. The van der Waals surface area contributed by atoms with Gasteiger partial charge in [0.2, 0.25) is 0 Å². The van der Waals surface area contributed by atoms with Crippen LogP contribution in [0.1, 0.15) is 88.7 Å². The molecule has 140 valence electrons. The topological polar surface area (TPSA) is 0 Å². The molecule has 0 amide bonds. The number of hydrogen-bond donors (Lipinski definition) is 0. The first-order valence-electron chi connectivity index (χ1n) is 11.0. The Balaban J connectivity index is 1.41. The Morgan fingerprint density at radius 3 is 2.19 bits per heavy atom. The summed E-state index contributed by atoms with van der Waals surface area (Å²) >= 11 is 0. The van der Waals surface area contributed by atoms with Crippen LogP contribution in [0, 0.1) is 29.6 Å². The van der Waals surface area contributed by atoms with Crippen molar-refractivity contribution in [1.29, 1.82) is 0 Å². The van der Waals surface area contributed by atoms with Crippen molar-refractivity contribution < 1.29 is 0 Å². The predicted octanol–water partition coefficient (Wildman–Crippen LogP) is 7.30. The van der Waals surface area contributed by atoms with Crippen molar-refractivity contribution in [2.24, 2.45) is 17.8 Å². The molecule has 3 rings (SSSR count). The van der Waals surface area contributed by atoms with Crippen molar-refractivity contribution in [1.82, 2.24) is 0 Å². The van der Waals surface area contributed by atoms with Crippen LogP contribution in [0.5, 0.6) is 0 Å². The molecule has 0 heterocycles. The van der Waals surface area contributed by atoms with Gasteiger partial charge in [0.05, 0.1) is 0 Å². The van der Waals surface area contributed by atoms with E-state index in [1.54, 1.807) is 0 Å². The molecular formula is C26H36. The standard InChI is InChI=1S/C26H36/c1-3-21-9-11-23(12-10-21)7-5-6-8-24-15-19-26(20-16-24)25-17-13-22(4-2)14-18-25/h5,7,13-14,17-18,21,23-24,26H,3-4,9-12,15-16,19-20H2,1-2H3/b7-5+/t21-,23-,24-,26-. The fourth-order valence-corrected chi connectivity index (χ4v) is 4.74. The van der Waals surface area contributed by atoms with E-state index in [4.69, 9.17) is 0 Å². The lowest BCUT2D eigenvalue weighted by Gasteiger charge is -2.26. The normalized spacial score (nSPS) is 29.3. The monoisotopic (exact) mass is 348 g/mol. The summed E-state index contributed by atoms with van der Waals surface area (Å²) in [7, 11) is 0. The van der Waals surface area contributed by atoms with Gasteiger partial charge in [-0.05, 0) is 92.7 Å². The summed E-state index contributed by atoms with van der Waals surface area (Å²) in [5.74, 6) is 10.0. The smallest absolute Gasteiger partial charge is 0.0206 e. The zero-order valence-electron chi connectivity index (χ0n) is 16.8. The van der Waals surface area contributed by atoms with Gasteiger partial charge < -0.3 is 0 Å². The molecule has 0 radical (unpaired) electrons. The number of benzene rings is 1. The van der Waals surface area contributed by atoms with E-state index in [1.807, 2.05) is 0 Å². The first-order chi connectivity index (χ1) is 12.8. The van der Waals surface area contributed by atoms with Crippen molar-refractivity contribution >= 4 is 0 Å². The Morgan fingerprint density at radius 1 is 0.885 bits per heavy atom. The molecule has 0 N–H and O–H groups in total. The van der Waals surface area contributed by atoms with Crippen LogP contribution in [0.25, 0.3) is 0 Å². The number of aryl methyl sites for hydroxylation is 1. The van der Waals surface area contributed by atoms with Crippen molar-refractivity contribution in [3.63, 3.8) is 0 Å². The van der Waals surface area contributed by atoms with Gasteiger partial charge >= 0.3 is 0 Å². The second kappa shape index (κ2) is 10.0. The summed E-state index contributed by atoms with van der Waals surface area (Å²) in [6, 6.07) is 9.32. The molecule has 0 heteroatoms. The number of rotatable bonds is 4. The molecule has 0 aliphatic heterocycles. The van der Waals surface area contributed by atoms with Gasteiger partial charge in [0, 0.05) is 5.92 Å². The highest BCUT2D eigenvalue weighted by molar-refractivity contribution is 5.26. The second-order valence-electron chi connectivity index (χ2n) is 8.48. The Labute approximate surface area is 161 Å². The fraction of sp³-hybridized carbons (Fsp3) is 0.615. The molecule has 0 spiro atoms. The van der Waals surface area contributed by atoms with Gasteiger partial charge in [-0.15, -0.1) is 0 Å². The quantitative estimate of drug-likeness (QED) is 0.501. The minimum Gasteiger partial charge on any atom is -0.0951 e. The van der Waals surface area contributed by atoms with Crippen LogP contribution >= 0.6 is 0 Å². The van der Waals surface area contributed by atoms with E-state index in [2.05, 4.69) is 62.1 Å². The SMILES string of the molecule is CCc1ccc([C@H]2CC[C@H](C#C/C=C/[C@H]3CC[C@H](CC)CC3)CC2)cc1. The van der Waals surface area contributed by atoms with Crippen LogP contribution in [0.4, 0.5) is 0 Å². The molecule has 26 heavy (non-hydrogen) atoms. The van der Waals surface area contributed by atoms with E-state index in [1.165, 1.54) is 68.9 Å². The van der Waals surface area contributed by atoms with Crippen molar-refractivity contribution in [3.8, 4) is 11.8 Å². The van der Waals surface area contributed by atoms with Crippen LogP contribution in [-0.2, 0) is 6.42 Å². The largest absolute Gasteiger partial charge is 0.0951 e. The molecule has 1 aromatic rings. The highest BCUT2D eigenvalue weighted by Crippen LogP contribution is 2.35. The molecule has 2 aliphatic carbocycles. The average Bonchev–Trinajstić information content (AvgIpc) is 2.72. The fourth-order valence-electron chi connectivity index (χ4n) is 4.74. The van der Waals surface area contributed by atoms with Gasteiger partial charge in [0.25, 0.3) is 0 Å². The average molecular weight is 349 g/mol. The van der Waals surface area contributed by atoms with Crippen molar-refractivity contribution in [3.05, 3.63) is 47.5 Å². The van der Waals surface area contributed by atoms with E-state index in [9.17, 15) is 0 Å². The third-order valence-electron chi connectivity index (χ3n) is 6.79. The van der Waals surface area contributed by atoms with E-state index in [-0.39, 0.29) is 0 Å². The minimum absolute atomic E-state index is 0.613. The van der Waals surface area contributed by atoms with Crippen LogP contribution in [0.3, 0.4) is 0 Å². The first kappa shape index (κ1) is 19.3. The Bertz CT molecular complexity index is 608. The third kappa shape index (κ3) is 5.51. The highest BCUT2D eigenvalue weighted by Gasteiger charge is 2.21. The lowest BCUT2D eigenvalue weighted by molar-refractivity contribution is 0.304. The van der Waals surface area contributed by atoms with Gasteiger partial charge in [-0.1, -0.05) is 62.5 Å². The van der Waals surface area contributed by atoms with Gasteiger partial charge in [0.1, 0.15) is 0 Å². The zero-order chi connectivity index (χ0) is 18.2. The Kier molecular flexibility index (Phi) is 7.43. The molecule has 0 nitrogen and oxygen atoms in total. The van der Waals surface area contributed by atoms with E-state index < -0.39 is 0 Å². The Hall–Kier alpha value is -1.48. The molecule has 0 aromatic heterocycles. The van der Waals surface area contributed by atoms with E-state index >= 15 is 0 Å². The van der Waals surface area contributed by atoms with Gasteiger partial charge in [0.15, 0.2) is 0 Å². The summed E-state index contributed by atoms with van der Waals surface area (Å²) < 4.78 is 0. The lowest BCUT2D eigenvalue weighted by Crippen LogP contribution is -2.12. The summed E-state index contributed by atoms with van der Waals surface area (Å²) in [6.07, 6.45) is 17.8. The summed E-state index contributed by atoms with van der Waals surface area (Å²) in [4.78, 5) is 0. The maximum atomic E-state index is 3.53. The minimum atomic E-state index is 0.613. The molecule has 0 saturated heterocycles. The van der Waals surface area contributed by atoms with Gasteiger partial charge in [-0.3, -0.25) is 0 Å². The molecule has 0 unspecified atom stereocenters. The molecule has 1 aromatic carbocycles. The van der Waals surface area contributed by atoms with Gasteiger partial charge in [-0.25, -0.2) is 0 Å². The lowest BCUT2D eigenvalue weighted by atomic mass is 9.79. The first-order valence-corrected chi connectivity index (χ1v) is 11.0. The summed E-state index contributed by atoms with van der Waals surface area (Å²) in [5.41, 5.74) is 2.99. The number of hydrogen-bond acceptors (Lipinski definition) is 0.